The van der Waals surface area contributed by atoms with E-state index in [4.69, 9.17) is 27.0 Å². The second kappa shape index (κ2) is 3.53. The molecule has 0 amide bonds. The fraction of sp³-hybridized carbons (Fsp3) is 0. The van der Waals surface area contributed by atoms with E-state index in [9.17, 15) is 0 Å². The van der Waals surface area contributed by atoms with Gasteiger partial charge in [0.1, 0.15) is 5.75 Å². The van der Waals surface area contributed by atoms with Crippen LogP contribution in [0.2, 0.25) is 0 Å². The van der Waals surface area contributed by atoms with Gasteiger partial charge in [-0.15, -0.1) is 0 Å². The molecule has 60 valence electrons. The van der Waals surface area contributed by atoms with Crippen LogP contribution in [0, 0.1) is 0 Å². The molecule has 0 radical (unpaired) electrons. The Morgan fingerprint density at radius 1 is 1.18 bits per heavy atom. The molecule has 0 aliphatic rings. The van der Waals surface area contributed by atoms with Gasteiger partial charge in [-0.1, -0.05) is 18.2 Å². The molecule has 1 aromatic carbocycles. The van der Waals surface area contributed by atoms with Crippen LogP contribution in [0.25, 0.3) is 0 Å². The number of hydrogen-bond acceptors (Lipinski definition) is 1. The molecule has 1 nitrogen and oxygen atoms in total. The van der Waals surface area contributed by atoms with E-state index >= 15 is 0 Å². The second-order valence-electron chi connectivity index (χ2n) is 1.97. The highest BCUT2D eigenvalue weighted by Gasteiger charge is 2.05. The zero-order chi connectivity index (χ0) is 8.32. The predicted molar refractivity (Wildman–Crippen MR) is 52.8 cm³/mol. The fourth-order valence-corrected chi connectivity index (χ4v) is 1.54. The van der Waals surface area contributed by atoms with Gasteiger partial charge in [0.05, 0.1) is 0 Å². The van der Waals surface area contributed by atoms with Crippen molar-refractivity contribution in [2.75, 3.05) is 0 Å². The van der Waals surface area contributed by atoms with Crippen molar-refractivity contribution in [2.24, 2.45) is 0 Å². The summed E-state index contributed by atoms with van der Waals surface area (Å²) in [4.78, 5) is 0. The van der Waals surface area contributed by atoms with E-state index in [2.05, 4.69) is 6.30 Å². The zero-order valence-corrected chi connectivity index (χ0v) is 8.11. The van der Waals surface area contributed by atoms with Gasteiger partial charge in [0, 0.05) is 0 Å². The molecule has 11 heavy (non-hydrogen) atoms. The van der Waals surface area contributed by atoms with Crippen LogP contribution in [0.3, 0.4) is 0 Å². The predicted octanol–water partition coefficient (Wildman–Crippen LogP) is 3.74. The molecule has 4 heteroatoms. The molecular weight excluding hydrogens is 202 g/mol. The maximum atomic E-state index is 5.61. The van der Waals surface area contributed by atoms with Gasteiger partial charge in [0.25, 0.3) is 0 Å². The Morgan fingerprint density at radius 3 is 2.18 bits per heavy atom. The van der Waals surface area contributed by atoms with Crippen LogP contribution in [-0.4, -0.2) is 6.30 Å². The molecular formula is C7H7Cl2OP. The lowest BCUT2D eigenvalue weighted by Gasteiger charge is -2.09. The third kappa shape index (κ3) is 3.71. The Hall–Kier alpha value is -0.100. The molecule has 0 aliphatic carbocycles. The van der Waals surface area contributed by atoms with Crippen LogP contribution in [0.1, 0.15) is 0 Å². The molecule has 1 aromatic rings. The third-order valence-electron chi connectivity index (χ3n) is 0.982. The Kier molecular flexibility index (Phi) is 2.89. The van der Waals surface area contributed by atoms with Crippen LogP contribution < -0.4 is 4.52 Å². The van der Waals surface area contributed by atoms with Crippen LogP contribution in [0.15, 0.2) is 30.3 Å². The first-order valence-electron chi connectivity index (χ1n) is 2.95. The van der Waals surface area contributed by atoms with Crippen LogP contribution in [0.5, 0.6) is 5.75 Å². The monoisotopic (exact) mass is 208 g/mol. The summed E-state index contributed by atoms with van der Waals surface area (Å²) in [7, 11) is 0. The standard InChI is InChI=1S/C7H7Cl2OP/c1-11(8,9)10-7-5-3-2-4-6-7/h2-6H,1H2. The summed E-state index contributed by atoms with van der Waals surface area (Å²) in [5.41, 5.74) is 0. The summed E-state index contributed by atoms with van der Waals surface area (Å²) in [6, 6.07) is 9.14. The zero-order valence-electron chi connectivity index (χ0n) is 5.71. The summed E-state index contributed by atoms with van der Waals surface area (Å²) >= 11 is 11.2. The average Bonchev–Trinajstić information content (AvgIpc) is 1.85. The van der Waals surface area contributed by atoms with Crippen molar-refractivity contribution in [3.05, 3.63) is 30.3 Å². The molecule has 0 heterocycles. The Bertz CT molecular complexity index is 267. The summed E-state index contributed by atoms with van der Waals surface area (Å²) in [6.45, 7) is 0. The van der Waals surface area contributed by atoms with Crippen molar-refractivity contribution in [2.45, 2.75) is 0 Å². The van der Waals surface area contributed by atoms with Gasteiger partial charge >= 0.3 is 0 Å². The number of halogens is 2. The van der Waals surface area contributed by atoms with Crippen molar-refractivity contribution in [1.82, 2.24) is 0 Å². The minimum absolute atomic E-state index is 0.654. The number of para-hydroxylation sites is 1. The van der Waals surface area contributed by atoms with Gasteiger partial charge < -0.3 is 4.52 Å². The summed E-state index contributed by atoms with van der Waals surface area (Å²) < 4.78 is 5.13. The maximum absolute atomic E-state index is 5.61. The van der Waals surface area contributed by atoms with E-state index in [0.29, 0.717) is 5.75 Å². The number of rotatable bonds is 2. The summed E-state index contributed by atoms with van der Waals surface area (Å²) in [6.07, 6.45) is 3.49. The van der Waals surface area contributed by atoms with E-state index in [0.717, 1.165) is 0 Å². The number of benzene rings is 1. The molecule has 0 fully saturated rings. The highest BCUT2D eigenvalue weighted by atomic mass is 35.9. The quantitative estimate of drug-likeness (QED) is 0.674. The Labute approximate surface area is 75.5 Å². The first-order chi connectivity index (χ1) is 5.08. The van der Waals surface area contributed by atoms with E-state index in [1.54, 1.807) is 12.1 Å². The van der Waals surface area contributed by atoms with Crippen molar-refractivity contribution < 1.29 is 4.52 Å². The second-order valence-corrected chi connectivity index (χ2v) is 7.09. The highest BCUT2D eigenvalue weighted by molar-refractivity contribution is 8.12. The van der Waals surface area contributed by atoms with Crippen molar-refractivity contribution in [3.8, 4) is 5.75 Å². The largest absolute Gasteiger partial charge is 0.449 e. The van der Waals surface area contributed by atoms with Gasteiger partial charge in [-0.25, -0.2) is 0 Å². The Morgan fingerprint density at radius 2 is 1.73 bits per heavy atom. The lowest BCUT2D eigenvalue weighted by molar-refractivity contribution is 0.635. The lowest BCUT2D eigenvalue weighted by Crippen LogP contribution is -1.79. The molecule has 0 aliphatic heterocycles. The SMILES string of the molecule is C=P(Cl)(Cl)Oc1ccccc1. The van der Waals surface area contributed by atoms with E-state index in [1.165, 1.54) is 0 Å². The summed E-state index contributed by atoms with van der Waals surface area (Å²) in [5, 5.41) is 0. The molecule has 0 N–H and O–H groups in total. The molecule has 0 aromatic heterocycles. The smallest absolute Gasteiger partial charge is 0.217 e. The van der Waals surface area contributed by atoms with E-state index in [-0.39, 0.29) is 0 Å². The Balaban J connectivity index is 2.74. The molecule has 0 atom stereocenters. The maximum Gasteiger partial charge on any atom is 0.217 e. The van der Waals surface area contributed by atoms with Crippen LogP contribution in [0.4, 0.5) is 0 Å². The van der Waals surface area contributed by atoms with Crippen LogP contribution in [-0.2, 0) is 0 Å². The minimum atomic E-state index is -2.44. The number of hydrogen-bond donors (Lipinski definition) is 0. The van der Waals surface area contributed by atoms with Crippen molar-refractivity contribution >= 4 is 34.6 Å². The van der Waals surface area contributed by atoms with Gasteiger partial charge in [-0.05, 0) is 40.9 Å². The van der Waals surface area contributed by atoms with E-state index in [1.807, 2.05) is 18.2 Å². The van der Waals surface area contributed by atoms with Gasteiger partial charge in [0.15, 0.2) is 0 Å². The molecule has 0 saturated heterocycles. The molecule has 0 unspecified atom stereocenters. The lowest BCUT2D eigenvalue weighted by atomic mass is 10.3. The van der Waals surface area contributed by atoms with Crippen molar-refractivity contribution in [1.29, 1.82) is 0 Å². The molecule has 1 rings (SSSR count). The topological polar surface area (TPSA) is 9.23 Å². The van der Waals surface area contributed by atoms with Gasteiger partial charge in [-0.2, -0.15) is 0 Å². The molecule has 0 spiro atoms. The van der Waals surface area contributed by atoms with Gasteiger partial charge in [-0.3, -0.25) is 0 Å². The average molecular weight is 209 g/mol. The normalized spacial score (nSPS) is 11.1. The first kappa shape index (κ1) is 8.99. The minimum Gasteiger partial charge on any atom is -0.449 e. The van der Waals surface area contributed by atoms with Gasteiger partial charge in [0.2, 0.25) is 5.82 Å². The first-order valence-corrected chi connectivity index (χ1v) is 6.65. The van der Waals surface area contributed by atoms with Crippen molar-refractivity contribution in [3.63, 3.8) is 0 Å². The molecule has 0 bridgehead atoms. The van der Waals surface area contributed by atoms with E-state index < -0.39 is 5.82 Å². The third-order valence-corrected chi connectivity index (χ3v) is 1.87. The highest BCUT2D eigenvalue weighted by Crippen LogP contribution is 2.56. The molecule has 0 saturated carbocycles. The fourth-order valence-electron chi connectivity index (χ4n) is 0.636. The van der Waals surface area contributed by atoms with Crippen LogP contribution >= 0.6 is 28.3 Å². The summed E-state index contributed by atoms with van der Waals surface area (Å²) in [5.74, 6) is -1.79.